The minimum Gasteiger partial charge on any atom is -0.478 e. The molecule has 6 heteroatoms. The fourth-order valence-corrected chi connectivity index (χ4v) is 1.32. The van der Waals surface area contributed by atoms with Crippen LogP contribution in [0.25, 0.3) is 0 Å². The molecule has 2 N–H and O–H groups in total. The smallest absolute Gasteiger partial charge is 0.411 e. The maximum absolute atomic E-state index is 11.2. The van der Waals surface area contributed by atoms with Crippen molar-refractivity contribution in [2.24, 2.45) is 0 Å². The Hall–Kier alpha value is -1.95. The van der Waals surface area contributed by atoms with E-state index in [4.69, 9.17) is 9.84 Å². The number of carbonyl (C=O) groups is 2. The van der Waals surface area contributed by atoms with E-state index in [1.54, 1.807) is 0 Å². The Morgan fingerprint density at radius 3 is 2.76 bits per heavy atom. The number of amides is 1. The van der Waals surface area contributed by atoms with Crippen molar-refractivity contribution >= 4 is 30.4 Å². The first-order chi connectivity index (χ1) is 8.04. The van der Waals surface area contributed by atoms with Gasteiger partial charge in [0, 0.05) is 4.90 Å². The van der Waals surface area contributed by atoms with Crippen LogP contribution in [0.4, 0.5) is 10.5 Å². The van der Waals surface area contributed by atoms with Crippen LogP contribution in [0.2, 0.25) is 0 Å². The largest absolute Gasteiger partial charge is 0.478 e. The molecule has 0 saturated heterocycles. The first kappa shape index (κ1) is 13.1. The van der Waals surface area contributed by atoms with E-state index in [0.717, 1.165) is 0 Å². The Morgan fingerprint density at radius 2 is 2.24 bits per heavy atom. The van der Waals surface area contributed by atoms with Gasteiger partial charge in [0.15, 0.2) is 0 Å². The normalized spacial score (nSPS) is 9.47. The molecular weight excluding hydrogens is 242 g/mol. The fraction of sp³-hybridized carbons (Fsp3) is 0.0909. The molecule has 0 spiro atoms. The van der Waals surface area contributed by atoms with Crippen LogP contribution in [0.5, 0.6) is 0 Å². The van der Waals surface area contributed by atoms with Gasteiger partial charge in [-0.2, -0.15) is 0 Å². The van der Waals surface area contributed by atoms with Gasteiger partial charge in [-0.25, -0.2) is 9.59 Å². The number of anilines is 1. The molecule has 0 aromatic heterocycles. The monoisotopic (exact) mass is 253 g/mol. The van der Waals surface area contributed by atoms with Gasteiger partial charge >= 0.3 is 12.1 Å². The fourth-order valence-electron chi connectivity index (χ4n) is 1.05. The molecule has 1 aromatic rings. The molecule has 0 radical (unpaired) electrons. The maximum atomic E-state index is 11.2. The summed E-state index contributed by atoms with van der Waals surface area (Å²) in [6.45, 7) is 3.50. The second kappa shape index (κ2) is 5.95. The zero-order chi connectivity index (χ0) is 12.8. The van der Waals surface area contributed by atoms with Gasteiger partial charge in [0.25, 0.3) is 0 Å². The average Bonchev–Trinajstić information content (AvgIpc) is 2.28. The van der Waals surface area contributed by atoms with Crippen molar-refractivity contribution in [1.82, 2.24) is 0 Å². The minimum atomic E-state index is -1.05. The number of ether oxygens (including phenoxy) is 1. The Labute approximate surface area is 104 Å². The van der Waals surface area contributed by atoms with E-state index >= 15 is 0 Å². The highest BCUT2D eigenvalue weighted by molar-refractivity contribution is 7.80. The summed E-state index contributed by atoms with van der Waals surface area (Å²) in [5, 5.41) is 11.2. The zero-order valence-electron chi connectivity index (χ0n) is 8.84. The van der Waals surface area contributed by atoms with Gasteiger partial charge in [-0.3, -0.25) is 5.32 Å². The van der Waals surface area contributed by atoms with E-state index in [2.05, 4.69) is 24.5 Å². The van der Waals surface area contributed by atoms with Crippen LogP contribution in [0.1, 0.15) is 10.4 Å². The predicted octanol–water partition coefficient (Wildman–Crippen LogP) is 2.41. The molecule has 17 heavy (non-hydrogen) atoms. The van der Waals surface area contributed by atoms with E-state index in [0.29, 0.717) is 10.6 Å². The third-order valence-electron chi connectivity index (χ3n) is 1.81. The van der Waals surface area contributed by atoms with E-state index < -0.39 is 12.1 Å². The molecule has 0 unspecified atom stereocenters. The van der Waals surface area contributed by atoms with Gasteiger partial charge in [0.2, 0.25) is 0 Å². The van der Waals surface area contributed by atoms with Crippen LogP contribution < -0.4 is 5.32 Å². The second-order valence-corrected chi connectivity index (χ2v) is 3.53. The third kappa shape index (κ3) is 3.84. The summed E-state index contributed by atoms with van der Waals surface area (Å²) in [6, 6.07) is 4.15. The summed E-state index contributed by atoms with van der Waals surface area (Å²) < 4.78 is 4.71. The molecule has 0 bridgehead atoms. The van der Waals surface area contributed by atoms with E-state index in [1.165, 1.54) is 24.3 Å². The predicted molar refractivity (Wildman–Crippen MR) is 65.8 cm³/mol. The topological polar surface area (TPSA) is 75.6 Å². The molecule has 0 aliphatic heterocycles. The highest BCUT2D eigenvalue weighted by Crippen LogP contribution is 2.21. The number of rotatable bonds is 4. The molecule has 1 aromatic carbocycles. The lowest BCUT2D eigenvalue weighted by Gasteiger charge is -2.08. The molecule has 0 aliphatic rings. The molecule has 1 rings (SSSR count). The lowest BCUT2D eigenvalue weighted by atomic mass is 10.2. The molecule has 1 amide bonds. The number of aromatic carboxylic acids is 1. The summed E-state index contributed by atoms with van der Waals surface area (Å²) in [4.78, 5) is 22.2. The van der Waals surface area contributed by atoms with Crippen molar-refractivity contribution < 1.29 is 19.4 Å². The summed E-state index contributed by atoms with van der Waals surface area (Å²) in [6.07, 6.45) is 0.789. The summed E-state index contributed by atoms with van der Waals surface area (Å²) in [5.74, 6) is -1.05. The standard InChI is InChI=1S/C11H11NO4S/c1-2-5-16-11(15)12-8-4-3-7(10(13)14)6-9(8)17/h2-4,6,17H,1,5H2,(H,12,15)(H,13,14). The number of hydrogen-bond donors (Lipinski definition) is 3. The Bertz CT molecular complexity index is 459. The molecule has 0 heterocycles. The van der Waals surface area contributed by atoms with Crippen molar-refractivity contribution in [1.29, 1.82) is 0 Å². The summed E-state index contributed by atoms with van der Waals surface area (Å²) >= 11 is 4.07. The molecule has 0 aliphatic carbocycles. The molecule has 90 valence electrons. The number of thiol groups is 1. The summed E-state index contributed by atoms with van der Waals surface area (Å²) in [5.41, 5.74) is 0.479. The van der Waals surface area contributed by atoms with Crippen molar-refractivity contribution in [2.45, 2.75) is 4.90 Å². The van der Waals surface area contributed by atoms with E-state index in [-0.39, 0.29) is 12.2 Å². The molecule has 0 fully saturated rings. The van der Waals surface area contributed by atoms with Crippen molar-refractivity contribution in [2.75, 3.05) is 11.9 Å². The Morgan fingerprint density at radius 1 is 1.53 bits per heavy atom. The van der Waals surface area contributed by atoms with Crippen molar-refractivity contribution in [3.05, 3.63) is 36.4 Å². The SMILES string of the molecule is C=CCOC(=O)Nc1ccc(C(=O)O)cc1S. The molecule has 0 saturated carbocycles. The highest BCUT2D eigenvalue weighted by atomic mass is 32.1. The van der Waals surface area contributed by atoms with Crippen molar-refractivity contribution in [3.8, 4) is 0 Å². The second-order valence-electron chi connectivity index (χ2n) is 3.05. The van der Waals surface area contributed by atoms with Crippen LogP contribution >= 0.6 is 12.6 Å². The van der Waals surface area contributed by atoms with E-state index in [1.807, 2.05) is 0 Å². The van der Waals surface area contributed by atoms with Crippen LogP contribution in [-0.2, 0) is 4.74 Å². The number of carbonyl (C=O) groups excluding carboxylic acids is 1. The molecule has 5 nitrogen and oxygen atoms in total. The number of carboxylic acid groups (broad SMARTS) is 1. The lowest BCUT2D eigenvalue weighted by molar-refractivity contribution is 0.0696. The average molecular weight is 253 g/mol. The van der Waals surface area contributed by atoms with Crippen molar-refractivity contribution in [3.63, 3.8) is 0 Å². The Balaban J connectivity index is 2.75. The van der Waals surface area contributed by atoms with Crippen LogP contribution in [-0.4, -0.2) is 23.8 Å². The first-order valence-corrected chi connectivity index (χ1v) is 5.10. The minimum absolute atomic E-state index is 0.0972. The van der Waals surface area contributed by atoms with Gasteiger partial charge in [-0.05, 0) is 18.2 Å². The van der Waals surface area contributed by atoms with Gasteiger partial charge in [-0.1, -0.05) is 12.7 Å². The summed E-state index contributed by atoms with van der Waals surface area (Å²) in [7, 11) is 0. The number of hydrogen-bond acceptors (Lipinski definition) is 4. The van der Waals surface area contributed by atoms with Gasteiger partial charge in [0.1, 0.15) is 6.61 Å². The quantitative estimate of drug-likeness (QED) is 0.569. The first-order valence-electron chi connectivity index (χ1n) is 4.65. The third-order valence-corrected chi connectivity index (χ3v) is 2.18. The lowest BCUT2D eigenvalue weighted by Crippen LogP contribution is -2.14. The highest BCUT2D eigenvalue weighted by Gasteiger charge is 2.08. The van der Waals surface area contributed by atoms with Gasteiger partial charge in [-0.15, -0.1) is 12.6 Å². The van der Waals surface area contributed by atoms with E-state index in [9.17, 15) is 9.59 Å². The molecule has 0 atom stereocenters. The van der Waals surface area contributed by atoms with Gasteiger partial charge in [0.05, 0.1) is 11.3 Å². The Kier molecular flexibility index (Phi) is 4.59. The maximum Gasteiger partial charge on any atom is 0.411 e. The number of nitrogens with one attached hydrogen (secondary N) is 1. The van der Waals surface area contributed by atoms with Crippen LogP contribution in [0.15, 0.2) is 35.7 Å². The molecular formula is C11H11NO4S. The zero-order valence-corrected chi connectivity index (χ0v) is 9.74. The number of benzene rings is 1. The van der Waals surface area contributed by atoms with Crippen LogP contribution in [0, 0.1) is 0 Å². The van der Waals surface area contributed by atoms with Crippen LogP contribution in [0.3, 0.4) is 0 Å². The number of carboxylic acids is 1. The van der Waals surface area contributed by atoms with Gasteiger partial charge < -0.3 is 9.84 Å².